The molecule has 5 heteroatoms. The average Bonchev–Trinajstić information content (AvgIpc) is 2.94. The summed E-state index contributed by atoms with van der Waals surface area (Å²) in [5, 5.41) is 7.18. The van der Waals surface area contributed by atoms with Gasteiger partial charge in [0.1, 0.15) is 11.9 Å². The molecule has 3 fully saturated rings. The van der Waals surface area contributed by atoms with Gasteiger partial charge in [0.2, 0.25) is 0 Å². The molecule has 1 saturated carbocycles. The van der Waals surface area contributed by atoms with E-state index in [0.717, 1.165) is 30.5 Å². The molecule has 0 radical (unpaired) electrons. The molecule has 5 nitrogen and oxygen atoms in total. The Hall–Kier alpha value is -0.940. The molecule has 0 amide bonds. The number of piperidine rings is 1. The Bertz CT molecular complexity index is 456. The van der Waals surface area contributed by atoms with Crippen molar-refractivity contribution in [1.29, 1.82) is 0 Å². The predicted octanol–water partition coefficient (Wildman–Crippen LogP) is 1.68. The largest absolute Gasteiger partial charge is 0.365 e. The summed E-state index contributed by atoms with van der Waals surface area (Å²) in [5.74, 6) is 3.41. The number of aromatic nitrogens is 3. The highest BCUT2D eigenvalue weighted by atomic mass is 16.5. The van der Waals surface area contributed by atoms with Gasteiger partial charge in [0.25, 0.3) is 0 Å². The van der Waals surface area contributed by atoms with Crippen LogP contribution in [0.3, 0.4) is 0 Å². The van der Waals surface area contributed by atoms with Crippen molar-refractivity contribution in [3.05, 3.63) is 11.6 Å². The van der Waals surface area contributed by atoms with E-state index in [-0.39, 0.29) is 6.10 Å². The molecule has 3 atom stereocenters. The van der Waals surface area contributed by atoms with Crippen LogP contribution in [0.4, 0.5) is 0 Å². The third-order valence-electron chi connectivity index (χ3n) is 4.75. The Labute approximate surface area is 113 Å². The van der Waals surface area contributed by atoms with E-state index >= 15 is 0 Å². The molecule has 0 bridgehead atoms. The maximum atomic E-state index is 6.21. The molecule has 0 unspecified atom stereocenters. The topological polar surface area (TPSA) is 54.0 Å². The highest BCUT2D eigenvalue weighted by Crippen LogP contribution is 2.40. The predicted molar refractivity (Wildman–Crippen MR) is 70.6 cm³/mol. The van der Waals surface area contributed by atoms with Gasteiger partial charge in [-0.2, -0.15) is 5.10 Å². The first kappa shape index (κ1) is 11.9. The van der Waals surface area contributed by atoms with E-state index in [1.54, 1.807) is 0 Å². The number of nitrogens with zero attached hydrogens (tertiary/aromatic N) is 3. The second-order valence-electron chi connectivity index (χ2n) is 6.43. The van der Waals surface area contributed by atoms with Gasteiger partial charge in [0.15, 0.2) is 5.82 Å². The second kappa shape index (κ2) is 4.56. The Balaban J connectivity index is 1.40. The smallest absolute Gasteiger partial charge is 0.179 e. The van der Waals surface area contributed by atoms with Crippen molar-refractivity contribution in [2.75, 3.05) is 19.6 Å². The van der Waals surface area contributed by atoms with E-state index in [0.29, 0.717) is 12.0 Å². The molecule has 1 aliphatic carbocycles. The number of rotatable bonds is 3. The fourth-order valence-electron chi connectivity index (χ4n) is 3.50. The normalized spacial score (nSPS) is 35.5. The molecule has 3 heterocycles. The Morgan fingerprint density at radius 2 is 2.26 bits per heavy atom. The number of H-pyrrole nitrogens is 1. The van der Waals surface area contributed by atoms with Crippen LogP contribution >= 0.6 is 0 Å². The summed E-state index contributed by atoms with van der Waals surface area (Å²) in [6.07, 6.45) is 5.75. The number of aromatic amines is 1. The molecule has 3 aliphatic rings. The van der Waals surface area contributed by atoms with Crippen molar-refractivity contribution in [2.24, 2.45) is 11.8 Å². The van der Waals surface area contributed by atoms with Gasteiger partial charge < -0.3 is 9.64 Å². The van der Waals surface area contributed by atoms with Crippen LogP contribution in [0.15, 0.2) is 0 Å². The monoisotopic (exact) mass is 262 g/mol. The summed E-state index contributed by atoms with van der Waals surface area (Å²) in [4.78, 5) is 7.02. The average molecular weight is 262 g/mol. The van der Waals surface area contributed by atoms with E-state index in [9.17, 15) is 0 Å². The first-order chi connectivity index (χ1) is 9.28. The lowest BCUT2D eigenvalue weighted by atomic mass is 9.91. The highest BCUT2D eigenvalue weighted by Gasteiger charge is 2.41. The van der Waals surface area contributed by atoms with Crippen LogP contribution in [0.2, 0.25) is 0 Å². The zero-order valence-electron chi connectivity index (χ0n) is 11.5. The van der Waals surface area contributed by atoms with E-state index in [4.69, 9.17) is 4.74 Å². The third-order valence-corrected chi connectivity index (χ3v) is 4.75. The molecule has 104 valence electrons. The van der Waals surface area contributed by atoms with Crippen molar-refractivity contribution < 1.29 is 4.74 Å². The molecule has 0 spiro atoms. The van der Waals surface area contributed by atoms with Gasteiger partial charge in [0.05, 0.1) is 6.10 Å². The zero-order chi connectivity index (χ0) is 12.8. The number of aryl methyl sites for hydroxylation is 1. The van der Waals surface area contributed by atoms with Crippen LogP contribution in [-0.4, -0.2) is 45.8 Å². The standard InChI is InChI=1S/C14H22N4O/c1-9-15-14(17-16-9)12-6-11-4-5-18(7-10-2-3-10)8-13(11)19-12/h10-13H,2-8H2,1H3,(H,15,16,17)/t11-,12+,13+/m1/s1. The van der Waals surface area contributed by atoms with Gasteiger partial charge in [-0.05, 0) is 51.0 Å². The minimum absolute atomic E-state index is 0.112. The fourth-order valence-corrected chi connectivity index (χ4v) is 3.50. The molecule has 4 rings (SSSR count). The van der Waals surface area contributed by atoms with E-state index in [1.807, 2.05) is 6.92 Å². The lowest BCUT2D eigenvalue weighted by molar-refractivity contribution is -0.0109. The zero-order valence-corrected chi connectivity index (χ0v) is 11.5. The van der Waals surface area contributed by atoms with Gasteiger partial charge in [-0.1, -0.05) is 0 Å². The number of ether oxygens (including phenoxy) is 1. The minimum Gasteiger partial charge on any atom is -0.365 e. The number of nitrogens with one attached hydrogen (secondary N) is 1. The van der Waals surface area contributed by atoms with Crippen molar-refractivity contribution in [1.82, 2.24) is 20.1 Å². The highest BCUT2D eigenvalue weighted by molar-refractivity contribution is 4.99. The van der Waals surface area contributed by atoms with Gasteiger partial charge in [-0.25, -0.2) is 4.98 Å². The summed E-state index contributed by atoms with van der Waals surface area (Å²) in [6, 6.07) is 0. The number of likely N-dealkylation sites (tertiary alicyclic amines) is 1. The van der Waals surface area contributed by atoms with Crippen LogP contribution in [0, 0.1) is 18.8 Å². The molecule has 0 aromatic carbocycles. The molecule has 1 aromatic heterocycles. The lowest BCUT2D eigenvalue weighted by Gasteiger charge is -2.34. The molecular formula is C14H22N4O. The fraction of sp³-hybridized carbons (Fsp3) is 0.857. The van der Waals surface area contributed by atoms with Crippen LogP contribution in [-0.2, 0) is 4.74 Å². The number of hydrogen-bond acceptors (Lipinski definition) is 4. The molecule has 1 N–H and O–H groups in total. The van der Waals surface area contributed by atoms with E-state index in [1.165, 1.54) is 32.4 Å². The van der Waals surface area contributed by atoms with Crippen LogP contribution in [0.25, 0.3) is 0 Å². The van der Waals surface area contributed by atoms with Gasteiger partial charge in [-0.15, -0.1) is 0 Å². The first-order valence-corrected chi connectivity index (χ1v) is 7.54. The molecule has 19 heavy (non-hydrogen) atoms. The molecular weight excluding hydrogens is 240 g/mol. The summed E-state index contributed by atoms with van der Waals surface area (Å²) in [6.45, 7) is 5.59. The summed E-state index contributed by atoms with van der Waals surface area (Å²) in [5.41, 5.74) is 0. The van der Waals surface area contributed by atoms with E-state index < -0.39 is 0 Å². The van der Waals surface area contributed by atoms with Gasteiger partial charge in [0, 0.05) is 13.1 Å². The lowest BCUT2D eigenvalue weighted by Crippen LogP contribution is -2.43. The SMILES string of the molecule is Cc1nc([C@@H]2C[C@H]3CCN(CC4CC4)C[C@@H]3O2)n[nH]1. The van der Waals surface area contributed by atoms with Crippen LogP contribution in [0.5, 0.6) is 0 Å². The van der Waals surface area contributed by atoms with Crippen LogP contribution in [0.1, 0.15) is 43.4 Å². The summed E-state index contributed by atoms with van der Waals surface area (Å²) in [7, 11) is 0. The second-order valence-corrected chi connectivity index (χ2v) is 6.43. The van der Waals surface area contributed by atoms with Crippen molar-refractivity contribution in [3.63, 3.8) is 0 Å². The maximum Gasteiger partial charge on any atom is 0.179 e. The Morgan fingerprint density at radius 3 is 3.00 bits per heavy atom. The van der Waals surface area contributed by atoms with Gasteiger partial charge in [-0.3, -0.25) is 5.10 Å². The first-order valence-electron chi connectivity index (χ1n) is 7.54. The third kappa shape index (κ3) is 2.41. The molecule has 1 aromatic rings. The summed E-state index contributed by atoms with van der Waals surface area (Å²) >= 11 is 0. The quantitative estimate of drug-likeness (QED) is 0.900. The molecule has 2 saturated heterocycles. The van der Waals surface area contributed by atoms with E-state index in [2.05, 4.69) is 20.1 Å². The van der Waals surface area contributed by atoms with Crippen molar-refractivity contribution in [2.45, 2.75) is 44.8 Å². The Kier molecular flexibility index (Phi) is 2.84. The maximum absolute atomic E-state index is 6.21. The molecule has 2 aliphatic heterocycles. The minimum atomic E-state index is 0.112. The van der Waals surface area contributed by atoms with Crippen molar-refractivity contribution in [3.8, 4) is 0 Å². The number of hydrogen-bond donors (Lipinski definition) is 1. The summed E-state index contributed by atoms with van der Waals surface area (Å²) < 4.78 is 6.21. The van der Waals surface area contributed by atoms with Gasteiger partial charge >= 0.3 is 0 Å². The Morgan fingerprint density at radius 1 is 1.37 bits per heavy atom. The van der Waals surface area contributed by atoms with Crippen LogP contribution < -0.4 is 0 Å². The van der Waals surface area contributed by atoms with Crippen molar-refractivity contribution >= 4 is 0 Å². The number of fused-ring (bicyclic) bond motifs is 1.